The van der Waals surface area contributed by atoms with E-state index in [0.29, 0.717) is 35.3 Å². The summed E-state index contributed by atoms with van der Waals surface area (Å²) in [6, 6.07) is 20.3. The molecule has 5 N–H and O–H groups in total. The zero-order chi connectivity index (χ0) is 33.7. The van der Waals surface area contributed by atoms with Crippen LogP contribution in [0.15, 0.2) is 94.0 Å². The van der Waals surface area contributed by atoms with Gasteiger partial charge in [-0.15, -0.1) is 0 Å². The Labute approximate surface area is 283 Å². The normalized spacial score (nSPS) is 20.4. The van der Waals surface area contributed by atoms with Crippen LogP contribution in [-0.4, -0.2) is 63.6 Å². The Bertz CT molecular complexity index is 1660. The van der Waals surface area contributed by atoms with E-state index in [9.17, 15) is 35.0 Å². The number of benzene rings is 3. The average molecular weight is 704 g/mol. The lowest BCUT2D eigenvalue weighted by Gasteiger charge is -2.36. The lowest BCUT2D eigenvalue weighted by atomic mass is 9.68. The van der Waals surface area contributed by atoms with Crippen molar-refractivity contribution in [1.29, 1.82) is 0 Å². The molecule has 11 heteroatoms. The smallest absolute Gasteiger partial charge is 0.488 e. The molecule has 47 heavy (non-hydrogen) atoms. The zero-order valence-corrected chi connectivity index (χ0v) is 27.7. The van der Waals surface area contributed by atoms with E-state index in [0.717, 1.165) is 27.8 Å². The fourth-order valence-corrected chi connectivity index (χ4v) is 7.17. The Balaban J connectivity index is 1.47. The molecule has 0 radical (unpaired) electrons. The second-order valence-electron chi connectivity index (χ2n) is 12.1. The van der Waals surface area contributed by atoms with Gasteiger partial charge in [-0.2, -0.15) is 0 Å². The fourth-order valence-electron chi connectivity index (χ4n) is 6.79. The zero-order valence-electron chi connectivity index (χ0n) is 26.1. The van der Waals surface area contributed by atoms with E-state index < -0.39 is 49.4 Å². The molecule has 0 bridgehead atoms. The lowest BCUT2D eigenvalue weighted by molar-refractivity contribution is -0.123. The van der Waals surface area contributed by atoms with E-state index in [4.69, 9.17) is 4.74 Å². The maximum atomic E-state index is 14.0. The molecule has 2 amide bonds. The molecule has 9 nitrogen and oxygen atoms in total. The number of fused-ring (bicyclic) bond motifs is 1. The molecule has 246 valence electrons. The molecule has 0 saturated carbocycles. The maximum absolute atomic E-state index is 14.0. The first kappa shape index (κ1) is 34.6. The number of ether oxygens (including phenoxy) is 1. The highest BCUT2D eigenvalue weighted by atomic mass is 79.9. The summed E-state index contributed by atoms with van der Waals surface area (Å²) in [5, 5.41) is 52.4. The van der Waals surface area contributed by atoms with Crippen LogP contribution in [0.25, 0.3) is 6.08 Å². The molecule has 0 unspecified atom stereocenters. The Morgan fingerprint density at radius 1 is 1.04 bits per heavy atom. The average Bonchev–Trinajstić information content (AvgIpc) is 3.32. The molecule has 0 aromatic heterocycles. The van der Waals surface area contributed by atoms with Gasteiger partial charge in [0.15, 0.2) is 0 Å². The number of allylic oxidation sites excluding steroid dienone is 1. The number of aliphatic hydroxyl groups excluding tert-OH is 2. The number of hydrogen-bond donors (Lipinski definition) is 5. The molecule has 1 aliphatic heterocycles. The van der Waals surface area contributed by atoms with E-state index in [2.05, 4.69) is 22.9 Å². The summed E-state index contributed by atoms with van der Waals surface area (Å²) >= 11 is 3.45. The molecule has 3 aromatic rings. The van der Waals surface area contributed by atoms with Crippen LogP contribution >= 0.6 is 15.9 Å². The van der Waals surface area contributed by atoms with Crippen LogP contribution < -0.4 is 15.1 Å². The third kappa shape index (κ3) is 7.71. The van der Waals surface area contributed by atoms with E-state index >= 15 is 0 Å². The minimum atomic E-state index is -1.78. The summed E-state index contributed by atoms with van der Waals surface area (Å²) in [7, 11) is -1.78. The minimum Gasteiger partial charge on any atom is -0.507 e. The number of phenolic OH excluding ortho intramolecular Hbond substituents is 1. The van der Waals surface area contributed by atoms with Crippen molar-refractivity contribution in [1.82, 2.24) is 0 Å². The van der Waals surface area contributed by atoms with Crippen molar-refractivity contribution in [3.8, 4) is 11.5 Å². The van der Waals surface area contributed by atoms with Crippen LogP contribution in [0.1, 0.15) is 44.6 Å². The van der Waals surface area contributed by atoms with Gasteiger partial charge < -0.3 is 30.1 Å². The van der Waals surface area contributed by atoms with Gasteiger partial charge in [0, 0.05) is 16.0 Å². The summed E-state index contributed by atoms with van der Waals surface area (Å²) in [5.41, 5.74) is 3.21. The molecule has 2 aliphatic rings. The van der Waals surface area contributed by atoms with Gasteiger partial charge in [0.1, 0.15) is 18.1 Å². The number of rotatable bonds is 13. The molecular formula is C36H39BBrNO8. The molecule has 1 fully saturated rings. The number of phenols is 1. The molecule has 5 rings (SSSR count). The summed E-state index contributed by atoms with van der Waals surface area (Å²) in [6.45, 7) is 1.66. The van der Waals surface area contributed by atoms with Gasteiger partial charge >= 0.3 is 7.12 Å². The number of nitrogens with zero attached hydrogens (tertiary/aromatic N) is 1. The highest BCUT2D eigenvalue weighted by Gasteiger charge is 2.55. The predicted molar refractivity (Wildman–Crippen MR) is 184 cm³/mol. The van der Waals surface area contributed by atoms with E-state index in [-0.39, 0.29) is 29.9 Å². The van der Waals surface area contributed by atoms with Crippen LogP contribution in [0.2, 0.25) is 0 Å². The van der Waals surface area contributed by atoms with Crippen LogP contribution in [0, 0.1) is 17.8 Å². The highest BCUT2D eigenvalue weighted by molar-refractivity contribution is 9.10. The second kappa shape index (κ2) is 15.4. The van der Waals surface area contributed by atoms with Gasteiger partial charge in [-0.05, 0) is 84.8 Å². The van der Waals surface area contributed by atoms with Crippen molar-refractivity contribution in [3.63, 3.8) is 0 Å². The Hall–Kier alpha value is -3.74. The third-order valence-electron chi connectivity index (χ3n) is 8.98. The summed E-state index contributed by atoms with van der Waals surface area (Å²) < 4.78 is 6.92. The fraction of sp³-hybridized carbons (Fsp3) is 0.333. The highest BCUT2D eigenvalue weighted by Crippen LogP contribution is 2.47. The first-order valence-electron chi connectivity index (χ1n) is 15.8. The Kier molecular flexibility index (Phi) is 11.4. The van der Waals surface area contributed by atoms with Gasteiger partial charge in [-0.1, -0.05) is 71.3 Å². The van der Waals surface area contributed by atoms with Crippen molar-refractivity contribution >= 4 is 52.1 Å². The van der Waals surface area contributed by atoms with Crippen LogP contribution in [-0.2, 0) is 9.59 Å². The molecule has 1 saturated heterocycles. The van der Waals surface area contributed by atoms with E-state index in [1.165, 1.54) is 18.2 Å². The van der Waals surface area contributed by atoms with Gasteiger partial charge in [0.05, 0.1) is 30.2 Å². The summed E-state index contributed by atoms with van der Waals surface area (Å²) in [5.74, 6) is -2.74. The number of para-hydroxylation sites is 1. The quantitative estimate of drug-likeness (QED) is 0.100. The second-order valence-corrected chi connectivity index (χ2v) is 13.0. The number of aliphatic hydroxyl groups is 2. The van der Waals surface area contributed by atoms with Crippen molar-refractivity contribution in [2.75, 3.05) is 18.1 Å². The first-order valence-corrected chi connectivity index (χ1v) is 16.6. The number of hydrogen-bond acceptors (Lipinski definition) is 8. The lowest BCUT2D eigenvalue weighted by Crippen LogP contribution is -2.40. The number of carbonyl (C=O) groups excluding carboxylic acids is 2. The summed E-state index contributed by atoms with van der Waals surface area (Å²) in [6.07, 6.45) is 3.45. The first-order chi connectivity index (χ1) is 22.6. The predicted octanol–water partition coefficient (Wildman–Crippen LogP) is 4.35. The largest absolute Gasteiger partial charge is 0.507 e. The van der Waals surface area contributed by atoms with Crippen molar-refractivity contribution in [2.24, 2.45) is 17.8 Å². The molecule has 1 aliphatic carbocycles. The van der Waals surface area contributed by atoms with E-state index in [1.807, 2.05) is 30.3 Å². The number of imide groups is 1. The van der Waals surface area contributed by atoms with Gasteiger partial charge in [0.2, 0.25) is 11.8 Å². The molecular weight excluding hydrogens is 665 g/mol. The van der Waals surface area contributed by atoms with Crippen LogP contribution in [0.3, 0.4) is 0 Å². The van der Waals surface area contributed by atoms with Crippen molar-refractivity contribution in [2.45, 2.75) is 45.1 Å². The van der Waals surface area contributed by atoms with Gasteiger partial charge in [-0.3, -0.25) is 14.5 Å². The number of halogens is 1. The number of carbonyl (C=O) groups is 2. The van der Waals surface area contributed by atoms with Crippen LogP contribution in [0.5, 0.6) is 11.5 Å². The summed E-state index contributed by atoms with van der Waals surface area (Å²) in [4.78, 5) is 28.9. The molecule has 3 aromatic carbocycles. The third-order valence-corrected chi connectivity index (χ3v) is 9.48. The minimum absolute atomic E-state index is 0.0629. The Morgan fingerprint density at radius 3 is 2.51 bits per heavy atom. The monoisotopic (exact) mass is 703 g/mol. The van der Waals surface area contributed by atoms with Gasteiger partial charge in [-0.25, -0.2) is 0 Å². The number of amides is 2. The number of aromatic hydroxyl groups is 1. The topological polar surface area (TPSA) is 148 Å². The standard InChI is InChI=1S/C36H39BBrNO8/c1-2-7-22(16-23-17-26(38)13-15-31(23)41)12-14-32(42)33-24(21-47-28-10-4-3-5-11-28)18-29-34(30(33)20-40)36(44)39(35(29)43)27-9-6-8-25(19-27)37(45)46/h3-6,8-11,13,15-17,19,29-30,32,34,40-42,45-46H,2,7,12,14,18,20-21H2,1H3/b22-16+/t29-,30+,32-,34-/m1/s1. The molecule has 1 heterocycles. The molecule has 4 atom stereocenters. The van der Waals surface area contributed by atoms with Crippen molar-refractivity contribution in [3.05, 3.63) is 99.6 Å². The van der Waals surface area contributed by atoms with Gasteiger partial charge in [0.25, 0.3) is 0 Å². The van der Waals surface area contributed by atoms with Crippen molar-refractivity contribution < 1.29 is 39.7 Å². The van der Waals surface area contributed by atoms with E-state index in [1.54, 1.807) is 30.3 Å². The number of anilines is 1. The maximum Gasteiger partial charge on any atom is 0.488 e. The van der Waals surface area contributed by atoms with Crippen LogP contribution in [0.4, 0.5) is 5.69 Å². The molecule has 0 spiro atoms. The SMILES string of the molecule is CCC/C(=C\c1cc(Br)ccc1O)CC[C@@H](O)C1=C(COc2ccccc2)C[C@H]2C(=O)N(c3cccc(B(O)O)c3)C(=O)[C@H]2[C@H]1CO. The Morgan fingerprint density at radius 2 is 1.81 bits per heavy atom.